The number of halogens is 1. The minimum atomic E-state index is -0.184. The molecule has 1 N–H and O–H groups in total. The van der Waals surface area contributed by atoms with E-state index in [1.54, 1.807) is 12.1 Å². The zero-order chi connectivity index (χ0) is 18.8. The van der Waals surface area contributed by atoms with E-state index >= 15 is 0 Å². The third kappa shape index (κ3) is 4.22. The van der Waals surface area contributed by atoms with Gasteiger partial charge in [-0.1, -0.05) is 36.2 Å². The van der Waals surface area contributed by atoms with Crippen molar-refractivity contribution in [3.8, 4) is 0 Å². The van der Waals surface area contributed by atoms with Crippen LogP contribution in [0.15, 0.2) is 48.5 Å². The van der Waals surface area contributed by atoms with Crippen molar-refractivity contribution < 1.29 is 9.18 Å². The van der Waals surface area contributed by atoms with Crippen LogP contribution in [-0.4, -0.2) is 28.9 Å². The normalized spacial score (nSPS) is 25.2. The molecular formula is C23H27FN2O. The second kappa shape index (κ2) is 7.81. The maximum Gasteiger partial charge on any atom is 0.251 e. The standard InChI is InChI=1S/C23H27FN2O/c1-16-4-2-5-18(12-16)23(27)25-20-13-21-6-3-7-22(14-20)26(21)15-17-8-10-19(24)11-9-17/h2,4-5,8-12,20-22H,3,6-7,13-15H2,1H3,(H,25,27)/t21-,22-/m1/s1. The van der Waals surface area contributed by atoms with Crippen molar-refractivity contribution in [3.05, 3.63) is 71.0 Å². The average Bonchev–Trinajstić information content (AvgIpc) is 2.64. The Hall–Kier alpha value is -2.20. The molecule has 2 saturated heterocycles. The van der Waals surface area contributed by atoms with E-state index in [1.165, 1.54) is 19.3 Å². The number of carbonyl (C=O) groups is 1. The Morgan fingerprint density at radius 1 is 1.11 bits per heavy atom. The van der Waals surface area contributed by atoms with Crippen molar-refractivity contribution in [1.29, 1.82) is 0 Å². The molecule has 0 radical (unpaired) electrons. The Kier molecular flexibility index (Phi) is 5.26. The van der Waals surface area contributed by atoms with Gasteiger partial charge in [-0.15, -0.1) is 0 Å². The van der Waals surface area contributed by atoms with Gasteiger partial charge in [0.05, 0.1) is 0 Å². The van der Waals surface area contributed by atoms with E-state index in [9.17, 15) is 9.18 Å². The van der Waals surface area contributed by atoms with Gasteiger partial charge < -0.3 is 5.32 Å². The minimum absolute atomic E-state index is 0.0359. The van der Waals surface area contributed by atoms with Crippen LogP contribution in [0.1, 0.15) is 53.6 Å². The quantitative estimate of drug-likeness (QED) is 0.867. The number of fused-ring (bicyclic) bond motifs is 2. The molecule has 142 valence electrons. The molecule has 0 spiro atoms. The molecule has 2 atom stereocenters. The van der Waals surface area contributed by atoms with E-state index in [0.717, 1.165) is 36.1 Å². The smallest absolute Gasteiger partial charge is 0.251 e. The van der Waals surface area contributed by atoms with Crippen molar-refractivity contribution in [2.24, 2.45) is 0 Å². The molecule has 0 saturated carbocycles. The lowest BCUT2D eigenvalue weighted by Crippen LogP contribution is -2.56. The van der Waals surface area contributed by atoms with Crippen molar-refractivity contribution in [3.63, 3.8) is 0 Å². The van der Waals surface area contributed by atoms with Gasteiger partial charge in [0.15, 0.2) is 0 Å². The Bertz CT molecular complexity index is 790. The van der Waals surface area contributed by atoms with Crippen LogP contribution in [0.5, 0.6) is 0 Å². The summed E-state index contributed by atoms with van der Waals surface area (Å²) in [5.41, 5.74) is 3.01. The first-order valence-electron chi connectivity index (χ1n) is 9.96. The van der Waals surface area contributed by atoms with Crippen LogP contribution in [-0.2, 0) is 6.54 Å². The van der Waals surface area contributed by atoms with Crippen LogP contribution in [0, 0.1) is 12.7 Å². The number of carbonyl (C=O) groups excluding carboxylic acids is 1. The summed E-state index contributed by atoms with van der Waals surface area (Å²) in [6, 6.07) is 15.8. The topological polar surface area (TPSA) is 32.3 Å². The Morgan fingerprint density at radius 3 is 2.48 bits per heavy atom. The first-order chi connectivity index (χ1) is 13.1. The van der Waals surface area contributed by atoms with Crippen LogP contribution in [0.3, 0.4) is 0 Å². The van der Waals surface area contributed by atoms with Crippen LogP contribution in [0.4, 0.5) is 4.39 Å². The molecular weight excluding hydrogens is 339 g/mol. The number of benzene rings is 2. The predicted octanol–water partition coefficient (Wildman–Crippen LogP) is 4.45. The minimum Gasteiger partial charge on any atom is -0.349 e. The Morgan fingerprint density at radius 2 is 1.81 bits per heavy atom. The molecule has 2 fully saturated rings. The zero-order valence-corrected chi connectivity index (χ0v) is 15.8. The second-order valence-electron chi connectivity index (χ2n) is 8.05. The summed E-state index contributed by atoms with van der Waals surface area (Å²) in [7, 11) is 0. The van der Waals surface area contributed by atoms with Crippen LogP contribution in [0.2, 0.25) is 0 Å². The first kappa shape index (κ1) is 18.2. The molecule has 27 heavy (non-hydrogen) atoms. The number of amides is 1. The van der Waals surface area contributed by atoms with Gasteiger partial charge in [0.2, 0.25) is 0 Å². The molecule has 4 rings (SSSR count). The van der Waals surface area contributed by atoms with E-state index in [2.05, 4.69) is 10.2 Å². The van der Waals surface area contributed by atoms with Crippen molar-refractivity contribution in [2.75, 3.05) is 0 Å². The van der Waals surface area contributed by atoms with Gasteiger partial charge in [-0.05, 0) is 62.4 Å². The number of hydrogen-bond donors (Lipinski definition) is 1. The largest absolute Gasteiger partial charge is 0.349 e. The van der Waals surface area contributed by atoms with Gasteiger partial charge in [-0.25, -0.2) is 4.39 Å². The van der Waals surface area contributed by atoms with E-state index in [1.807, 2.05) is 43.3 Å². The van der Waals surface area contributed by atoms with Gasteiger partial charge in [0.1, 0.15) is 5.82 Å². The molecule has 2 aliphatic heterocycles. The summed E-state index contributed by atoms with van der Waals surface area (Å²) in [5, 5.41) is 3.27. The number of piperidine rings is 2. The van der Waals surface area contributed by atoms with E-state index in [-0.39, 0.29) is 17.8 Å². The lowest BCUT2D eigenvalue weighted by Gasteiger charge is -2.49. The van der Waals surface area contributed by atoms with E-state index < -0.39 is 0 Å². The molecule has 0 unspecified atom stereocenters. The molecule has 4 heteroatoms. The summed E-state index contributed by atoms with van der Waals surface area (Å²) < 4.78 is 13.2. The fourth-order valence-electron chi connectivity index (χ4n) is 4.71. The number of nitrogens with zero attached hydrogens (tertiary/aromatic N) is 1. The lowest BCUT2D eigenvalue weighted by atomic mass is 9.81. The third-order valence-corrected chi connectivity index (χ3v) is 6.02. The molecule has 2 aliphatic rings. The number of rotatable bonds is 4. The van der Waals surface area contributed by atoms with Gasteiger partial charge in [0, 0.05) is 30.2 Å². The van der Waals surface area contributed by atoms with Crippen molar-refractivity contribution in [2.45, 2.75) is 63.7 Å². The highest BCUT2D eigenvalue weighted by Crippen LogP contribution is 2.35. The molecule has 2 aromatic carbocycles. The lowest BCUT2D eigenvalue weighted by molar-refractivity contribution is 0.0177. The maximum absolute atomic E-state index is 13.2. The Labute approximate surface area is 160 Å². The van der Waals surface area contributed by atoms with Crippen LogP contribution in [0.25, 0.3) is 0 Å². The number of nitrogens with one attached hydrogen (secondary N) is 1. The molecule has 2 aromatic rings. The van der Waals surface area contributed by atoms with Gasteiger partial charge in [-0.2, -0.15) is 0 Å². The third-order valence-electron chi connectivity index (χ3n) is 6.02. The highest BCUT2D eigenvalue weighted by atomic mass is 19.1. The van der Waals surface area contributed by atoms with Crippen LogP contribution < -0.4 is 5.32 Å². The summed E-state index contributed by atoms with van der Waals surface area (Å²) in [6.45, 7) is 2.88. The number of aryl methyl sites for hydroxylation is 1. The maximum atomic E-state index is 13.2. The molecule has 2 heterocycles. The van der Waals surface area contributed by atoms with Crippen molar-refractivity contribution in [1.82, 2.24) is 10.2 Å². The van der Waals surface area contributed by atoms with E-state index in [4.69, 9.17) is 0 Å². The van der Waals surface area contributed by atoms with Crippen molar-refractivity contribution >= 4 is 5.91 Å². The molecule has 3 nitrogen and oxygen atoms in total. The summed E-state index contributed by atoms with van der Waals surface area (Å²) in [4.78, 5) is 15.2. The van der Waals surface area contributed by atoms with E-state index in [0.29, 0.717) is 12.1 Å². The Balaban J connectivity index is 1.41. The second-order valence-corrected chi connectivity index (χ2v) is 8.05. The molecule has 1 amide bonds. The van der Waals surface area contributed by atoms with Crippen LogP contribution >= 0.6 is 0 Å². The van der Waals surface area contributed by atoms with Gasteiger partial charge in [-0.3, -0.25) is 9.69 Å². The van der Waals surface area contributed by atoms with Gasteiger partial charge in [0.25, 0.3) is 5.91 Å². The summed E-state index contributed by atoms with van der Waals surface area (Å²) in [5.74, 6) is -0.148. The first-order valence-corrected chi connectivity index (χ1v) is 9.96. The zero-order valence-electron chi connectivity index (χ0n) is 15.8. The monoisotopic (exact) mass is 366 g/mol. The molecule has 0 aromatic heterocycles. The highest BCUT2D eigenvalue weighted by molar-refractivity contribution is 5.94. The average molecular weight is 366 g/mol. The fourth-order valence-corrected chi connectivity index (χ4v) is 4.71. The molecule has 0 aliphatic carbocycles. The molecule has 2 bridgehead atoms. The predicted molar refractivity (Wildman–Crippen MR) is 105 cm³/mol. The number of hydrogen-bond acceptors (Lipinski definition) is 2. The summed E-state index contributed by atoms with van der Waals surface area (Å²) >= 11 is 0. The fraction of sp³-hybridized carbons (Fsp3) is 0.435. The highest BCUT2D eigenvalue weighted by Gasteiger charge is 2.38. The van der Waals surface area contributed by atoms with Gasteiger partial charge >= 0.3 is 0 Å². The summed E-state index contributed by atoms with van der Waals surface area (Å²) in [6.07, 6.45) is 5.60. The SMILES string of the molecule is Cc1cccc(C(=O)NC2C[C@H]3CCC[C@H](C2)N3Cc2ccc(F)cc2)c1.